The number of thioether (sulfide) groups is 1. The molecule has 6 nitrogen and oxygen atoms in total. The summed E-state index contributed by atoms with van der Waals surface area (Å²) >= 11 is 1.55. The second kappa shape index (κ2) is 5.17. The van der Waals surface area contributed by atoms with Crippen molar-refractivity contribution in [2.45, 2.75) is 19.4 Å². The van der Waals surface area contributed by atoms with Crippen molar-refractivity contribution in [1.82, 2.24) is 9.80 Å². The predicted molar refractivity (Wildman–Crippen MR) is 66.0 cm³/mol. The summed E-state index contributed by atoms with van der Waals surface area (Å²) in [6.07, 6.45) is 0.501. The van der Waals surface area contributed by atoms with E-state index in [0.717, 1.165) is 0 Å². The van der Waals surface area contributed by atoms with Gasteiger partial charge in [0.15, 0.2) is 0 Å². The molecule has 18 heavy (non-hydrogen) atoms. The Balaban J connectivity index is 2.00. The zero-order valence-electron chi connectivity index (χ0n) is 10.2. The van der Waals surface area contributed by atoms with Crippen LogP contribution in [-0.4, -0.2) is 63.5 Å². The van der Waals surface area contributed by atoms with Crippen LogP contribution in [0.15, 0.2) is 0 Å². The summed E-state index contributed by atoms with van der Waals surface area (Å²) < 4.78 is 0. The van der Waals surface area contributed by atoms with Gasteiger partial charge in [-0.3, -0.25) is 14.4 Å². The summed E-state index contributed by atoms with van der Waals surface area (Å²) in [5.41, 5.74) is 0. The van der Waals surface area contributed by atoms with E-state index in [9.17, 15) is 14.4 Å². The molecule has 2 aliphatic heterocycles. The van der Waals surface area contributed by atoms with Crippen LogP contribution in [-0.2, 0) is 14.4 Å². The first-order valence-electron chi connectivity index (χ1n) is 5.87. The highest BCUT2D eigenvalue weighted by Gasteiger charge is 2.39. The fourth-order valence-corrected chi connectivity index (χ4v) is 3.54. The fourth-order valence-electron chi connectivity index (χ4n) is 2.33. The highest BCUT2D eigenvalue weighted by atomic mass is 32.2. The van der Waals surface area contributed by atoms with Gasteiger partial charge in [0.2, 0.25) is 11.8 Å². The van der Waals surface area contributed by atoms with Crippen molar-refractivity contribution in [2.24, 2.45) is 5.92 Å². The maximum Gasteiger partial charge on any atom is 0.308 e. The van der Waals surface area contributed by atoms with E-state index in [2.05, 4.69) is 0 Å². The Morgan fingerprint density at radius 3 is 2.61 bits per heavy atom. The third-order valence-corrected chi connectivity index (χ3v) is 4.43. The third-order valence-electron chi connectivity index (χ3n) is 3.42. The zero-order chi connectivity index (χ0) is 13.3. The standard InChI is InChI=1S/C11H16N2O4S/c1-7(14)13-6-18-5-9(13)10(15)12-3-2-8(4-12)11(16)17/h8-9H,2-6H2,1H3,(H,16,17)/t8-,9-/m0/s1. The number of amides is 2. The Hall–Kier alpha value is -1.24. The van der Waals surface area contributed by atoms with Crippen molar-refractivity contribution in [3.63, 3.8) is 0 Å². The van der Waals surface area contributed by atoms with Crippen molar-refractivity contribution in [3.05, 3.63) is 0 Å². The van der Waals surface area contributed by atoms with E-state index in [1.165, 1.54) is 6.92 Å². The van der Waals surface area contributed by atoms with Crippen LogP contribution in [0.2, 0.25) is 0 Å². The molecule has 2 saturated heterocycles. The zero-order valence-corrected chi connectivity index (χ0v) is 11.0. The SMILES string of the molecule is CC(=O)N1CSC[C@H]1C(=O)N1CC[C@H](C(=O)O)C1. The lowest BCUT2D eigenvalue weighted by atomic mass is 10.1. The molecule has 0 radical (unpaired) electrons. The number of hydrogen-bond acceptors (Lipinski definition) is 4. The van der Waals surface area contributed by atoms with Crippen molar-refractivity contribution < 1.29 is 19.5 Å². The molecule has 0 aromatic carbocycles. The smallest absolute Gasteiger partial charge is 0.308 e. The first-order chi connectivity index (χ1) is 8.50. The van der Waals surface area contributed by atoms with Crippen LogP contribution in [0.1, 0.15) is 13.3 Å². The lowest BCUT2D eigenvalue weighted by Gasteiger charge is -2.26. The maximum atomic E-state index is 12.3. The summed E-state index contributed by atoms with van der Waals surface area (Å²) in [7, 11) is 0. The van der Waals surface area contributed by atoms with Gasteiger partial charge in [-0.2, -0.15) is 0 Å². The topological polar surface area (TPSA) is 77.9 Å². The van der Waals surface area contributed by atoms with Gasteiger partial charge in [-0.1, -0.05) is 0 Å². The minimum Gasteiger partial charge on any atom is -0.481 e. The van der Waals surface area contributed by atoms with Crippen LogP contribution >= 0.6 is 11.8 Å². The van der Waals surface area contributed by atoms with E-state index in [-0.39, 0.29) is 18.4 Å². The molecule has 2 amide bonds. The monoisotopic (exact) mass is 272 g/mol. The van der Waals surface area contributed by atoms with E-state index in [4.69, 9.17) is 5.11 Å². The molecule has 0 aliphatic carbocycles. The molecular weight excluding hydrogens is 256 g/mol. The van der Waals surface area contributed by atoms with Gasteiger partial charge in [-0.15, -0.1) is 11.8 Å². The summed E-state index contributed by atoms with van der Waals surface area (Å²) in [4.78, 5) is 37.6. The fraction of sp³-hybridized carbons (Fsp3) is 0.727. The molecule has 2 atom stereocenters. The van der Waals surface area contributed by atoms with Crippen LogP contribution in [0.5, 0.6) is 0 Å². The van der Waals surface area contributed by atoms with Crippen molar-refractivity contribution >= 4 is 29.5 Å². The van der Waals surface area contributed by atoms with E-state index in [1.807, 2.05) is 0 Å². The summed E-state index contributed by atoms with van der Waals surface area (Å²) in [5, 5.41) is 8.91. The molecule has 0 saturated carbocycles. The predicted octanol–water partition coefficient (Wildman–Crippen LogP) is -0.159. The summed E-state index contributed by atoms with van der Waals surface area (Å²) in [6.45, 7) is 2.19. The van der Waals surface area contributed by atoms with Gasteiger partial charge in [0.25, 0.3) is 0 Å². The summed E-state index contributed by atoms with van der Waals surface area (Å²) in [6, 6.07) is -0.417. The van der Waals surface area contributed by atoms with Crippen molar-refractivity contribution in [2.75, 3.05) is 24.7 Å². The first-order valence-corrected chi connectivity index (χ1v) is 7.02. The van der Waals surface area contributed by atoms with Gasteiger partial charge in [-0.05, 0) is 6.42 Å². The average molecular weight is 272 g/mol. The van der Waals surface area contributed by atoms with Gasteiger partial charge in [0, 0.05) is 25.8 Å². The molecular formula is C11H16N2O4S. The third kappa shape index (κ3) is 2.45. The molecule has 1 N–H and O–H groups in total. The first kappa shape index (κ1) is 13.2. The second-order valence-corrected chi connectivity index (χ2v) is 5.61. The average Bonchev–Trinajstić information content (AvgIpc) is 2.97. The highest BCUT2D eigenvalue weighted by Crippen LogP contribution is 2.25. The molecule has 0 aromatic heterocycles. The van der Waals surface area contributed by atoms with Crippen LogP contribution in [0.3, 0.4) is 0 Å². The largest absolute Gasteiger partial charge is 0.481 e. The number of nitrogens with zero attached hydrogens (tertiary/aromatic N) is 2. The van der Waals surface area contributed by atoms with Gasteiger partial charge in [-0.25, -0.2) is 0 Å². The van der Waals surface area contributed by atoms with Gasteiger partial charge in [0.05, 0.1) is 11.8 Å². The Morgan fingerprint density at radius 2 is 2.06 bits per heavy atom. The quantitative estimate of drug-likeness (QED) is 0.756. The maximum absolute atomic E-state index is 12.3. The molecule has 7 heteroatoms. The number of aliphatic carboxylic acids is 1. The number of likely N-dealkylation sites (tertiary alicyclic amines) is 1. The number of carboxylic acids is 1. The van der Waals surface area contributed by atoms with Crippen molar-refractivity contribution in [1.29, 1.82) is 0 Å². The van der Waals surface area contributed by atoms with E-state index >= 15 is 0 Å². The minimum absolute atomic E-state index is 0.104. The lowest BCUT2D eigenvalue weighted by molar-refractivity contribution is -0.143. The van der Waals surface area contributed by atoms with E-state index in [1.54, 1.807) is 21.6 Å². The summed E-state index contributed by atoms with van der Waals surface area (Å²) in [5.74, 6) is -0.385. The van der Waals surface area contributed by atoms with Crippen molar-refractivity contribution in [3.8, 4) is 0 Å². The molecule has 0 spiro atoms. The Morgan fingerprint density at radius 1 is 1.33 bits per heavy atom. The van der Waals surface area contributed by atoms with E-state index < -0.39 is 17.9 Å². The number of carbonyl (C=O) groups excluding carboxylic acids is 2. The molecule has 2 heterocycles. The molecule has 100 valence electrons. The van der Waals surface area contributed by atoms with Crippen LogP contribution in [0.4, 0.5) is 0 Å². The van der Waals surface area contributed by atoms with Crippen LogP contribution in [0, 0.1) is 5.92 Å². The van der Waals surface area contributed by atoms with Crippen LogP contribution < -0.4 is 0 Å². The van der Waals surface area contributed by atoms with Gasteiger partial charge >= 0.3 is 5.97 Å². The minimum atomic E-state index is -0.852. The highest BCUT2D eigenvalue weighted by molar-refractivity contribution is 7.99. The van der Waals surface area contributed by atoms with Crippen LogP contribution in [0.25, 0.3) is 0 Å². The van der Waals surface area contributed by atoms with Gasteiger partial charge in [0.1, 0.15) is 6.04 Å². The molecule has 0 aromatic rings. The molecule has 2 fully saturated rings. The molecule has 0 bridgehead atoms. The molecule has 2 aliphatic rings. The number of carbonyl (C=O) groups is 3. The Labute approximate surface area is 109 Å². The molecule has 2 rings (SSSR count). The second-order valence-electron chi connectivity index (χ2n) is 4.61. The Kier molecular flexibility index (Phi) is 3.79. The normalized spacial score (nSPS) is 27.6. The van der Waals surface area contributed by atoms with Gasteiger partial charge < -0.3 is 14.9 Å². The molecule has 0 unspecified atom stereocenters. The van der Waals surface area contributed by atoms with E-state index in [0.29, 0.717) is 24.6 Å². The lowest BCUT2D eigenvalue weighted by Crippen LogP contribution is -2.47. The number of rotatable bonds is 2. The number of hydrogen-bond donors (Lipinski definition) is 1. The Bertz CT molecular complexity index is 387. The number of carboxylic acid groups (broad SMARTS) is 1.